The Balaban J connectivity index is 2.57. The minimum Gasteiger partial charge on any atom is -0.350 e. The number of carbonyl (C=O) groups is 1. The van der Waals surface area contributed by atoms with Gasteiger partial charge in [-0.05, 0) is 6.07 Å². The molecule has 0 aliphatic heterocycles. The van der Waals surface area contributed by atoms with Crippen LogP contribution in [0, 0.1) is 0 Å². The van der Waals surface area contributed by atoms with E-state index in [0.717, 1.165) is 10.9 Å². The van der Waals surface area contributed by atoms with Crippen molar-refractivity contribution in [2.24, 2.45) is 7.05 Å². The molecular weight excluding hydrogens is 190 g/mol. The van der Waals surface area contributed by atoms with E-state index in [-0.39, 0.29) is 5.91 Å². The Morgan fingerprint density at radius 2 is 2.07 bits per heavy atom. The Morgan fingerprint density at radius 1 is 1.33 bits per heavy atom. The Hall–Kier alpha value is -1.81. The topological polar surface area (TPSA) is 46.1 Å². The highest BCUT2D eigenvalue weighted by atomic mass is 16.2. The van der Waals surface area contributed by atoms with E-state index in [0.29, 0.717) is 5.56 Å². The van der Waals surface area contributed by atoms with Crippen LogP contribution in [0.1, 0.15) is 10.4 Å². The van der Waals surface area contributed by atoms with Crippen LogP contribution in [0.15, 0.2) is 30.5 Å². The summed E-state index contributed by atoms with van der Waals surface area (Å²) < 4.78 is 1.94. The third-order valence-corrected chi connectivity index (χ3v) is 2.38. The number of aryl methyl sites for hydroxylation is 1. The van der Waals surface area contributed by atoms with Gasteiger partial charge in [-0.25, -0.2) is 5.43 Å². The number of benzene rings is 1. The van der Waals surface area contributed by atoms with Crippen LogP contribution in [0.2, 0.25) is 0 Å². The van der Waals surface area contributed by atoms with Crippen molar-refractivity contribution in [3.63, 3.8) is 0 Å². The maximum atomic E-state index is 11.7. The van der Waals surface area contributed by atoms with Gasteiger partial charge in [0.25, 0.3) is 5.91 Å². The molecule has 0 saturated heterocycles. The van der Waals surface area contributed by atoms with Crippen LogP contribution in [-0.4, -0.2) is 17.5 Å². The molecule has 1 aromatic heterocycles. The molecule has 0 fully saturated rings. The second kappa shape index (κ2) is 3.74. The third kappa shape index (κ3) is 1.59. The summed E-state index contributed by atoms with van der Waals surface area (Å²) in [5, 5.41) is 0.966. The lowest BCUT2D eigenvalue weighted by atomic mass is 10.2. The van der Waals surface area contributed by atoms with Crippen LogP contribution in [0.4, 0.5) is 0 Å². The number of rotatable bonds is 2. The lowest BCUT2D eigenvalue weighted by molar-refractivity contribution is 0.0939. The first-order valence-corrected chi connectivity index (χ1v) is 4.75. The number of amides is 1. The molecule has 0 aliphatic rings. The Kier molecular flexibility index (Phi) is 2.43. The van der Waals surface area contributed by atoms with Crippen LogP contribution < -0.4 is 10.9 Å². The molecule has 15 heavy (non-hydrogen) atoms. The third-order valence-electron chi connectivity index (χ3n) is 2.38. The fourth-order valence-electron chi connectivity index (χ4n) is 1.70. The van der Waals surface area contributed by atoms with Crippen molar-refractivity contribution in [2.75, 3.05) is 7.05 Å². The maximum Gasteiger partial charge on any atom is 0.267 e. The quantitative estimate of drug-likeness (QED) is 0.716. The SMILES string of the molecule is CNNC(=O)c1cn(C)c2ccccc12. The van der Waals surface area contributed by atoms with Crippen LogP contribution in [0.25, 0.3) is 10.9 Å². The van der Waals surface area contributed by atoms with Crippen molar-refractivity contribution in [1.29, 1.82) is 0 Å². The molecule has 0 atom stereocenters. The zero-order valence-corrected chi connectivity index (χ0v) is 8.74. The van der Waals surface area contributed by atoms with Gasteiger partial charge in [0.1, 0.15) is 0 Å². The molecule has 0 radical (unpaired) electrons. The number of carbonyl (C=O) groups excluding carboxylic acids is 1. The average molecular weight is 203 g/mol. The van der Waals surface area contributed by atoms with Crippen molar-refractivity contribution in [2.45, 2.75) is 0 Å². The number of nitrogens with zero attached hydrogens (tertiary/aromatic N) is 1. The number of hydrogen-bond acceptors (Lipinski definition) is 2. The van der Waals surface area contributed by atoms with E-state index in [1.54, 1.807) is 7.05 Å². The van der Waals surface area contributed by atoms with Crippen LogP contribution in [-0.2, 0) is 7.05 Å². The van der Waals surface area contributed by atoms with Gasteiger partial charge in [-0.3, -0.25) is 10.2 Å². The molecule has 2 rings (SSSR count). The summed E-state index contributed by atoms with van der Waals surface area (Å²) in [7, 11) is 3.60. The minimum absolute atomic E-state index is 0.116. The van der Waals surface area contributed by atoms with E-state index >= 15 is 0 Å². The number of hydrazine groups is 1. The van der Waals surface area contributed by atoms with Gasteiger partial charge in [-0.15, -0.1) is 0 Å². The highest BCUT2D eigenvalue weighted by molar-refractivity contribution is 6.06. The van der Waals surface area contributed by atoms with Crippen molar-refractivity contribution in [3.05, 3.63) is 36.0 Å². The zero-order valence-electron chi connectivity index (χ0n) is 8.74. The smallest absolute Gasteiger partial charge is 0.267 e. The first kappa shape index (κ1) is 9.73. The summed E-state index contributed by atoms with van der Waals surface area (Å²) in [6, 6.07) is 7.83. The fourth-order valence-corrected chi connectivity index (χ4v) is 1.70. The first-order chi connectivity index (χ1) is 7.24. The Morgan fingerprint density at radius 3 is 2.80 bits per heavy atom. The van der Waals surface area contributed by atoms with Crippen LogP contribution in [0.5, 0.6) is 0 Å². The van der Waals surface area contributed by atoms with Crippen LogP contribution >= 0.6 is 0 Å². The molecule has 1 aromatic carbocycles. The predicted octanol–water partition coefficient (Wildman–Crippen LogP) is 1.04. The van der Waals surface area contributed by atoms with Gasteiger partial charge < -0.3 is 4.57 Å². The number of aromatic nitrogens is 1. The highest BCUT2D eigenvalue weighted by Crippen LogP contribution is 2.19. The predicted molar refractivity (Wildman–Crippen MR) is 59.4 cm³/mol. The van der Waals surface area contributed by atoms with Gasteiger partial charge in [-0.2, -0.15) is 0 Å². The van der Waals surface area contributed by atoms with E-state index in [1.807, 2.05) is 42.1 Å². The zero-order chi connectivity index (χ0) is 10.8. The van der Waals surface area contributed by atoms with Gasteiger partial charge in [0.2, 0.25) is 0 Å². The van der Waals surface area contributed by atoms with E-state index in [1.165, 1.54) is 0 Å². The second-order valence-corrected chi connectivity index (χ2v) is 3.37. The largest absolute Gasteiger partial charge is 0.350 e. The number of hydrogen-bond donors (Lipinski definition) is 2. The van der Waals surface area contributed by atoms with E-state index in [4.69, 9.17) is 0 Å². The molecule has 0 saturated carbocycles. The van der Waals surface area contributed by atoms with Crippen molar-refractivity contribution in [3.8, 4) is 0 Å². The summed E-state index contributed by atoms with van der Waals surface area (Å²) in [6.07, 6.45) is 1.83. The van der Waals surface area contributed by atoms with Gasteiger partial charge in [-0.1, -0.05) is 18.2 Å². The molecule has 0 bridgehead atoms. The molecule has 4 heteroatoms. The van der Waals surface area contributed by atoms with E-state index < -0.39 is 0 Å². The summed E-state index contributed by atoms with van der Waals surface area (Å²) in [6.45, 7) is 0. The lowest BCUT2D eigenvalue weighted by Crippen LogP contribution is -2.33. The molecule has 0 spiro atoms. The molecule has 2 aromatic rings. The van der Waals surface area contributed by atoms with Gasteiger partial charge in [0, 0.05) is 31.2 Å². The number of para-hydroxylation sites is 1. The summed E-state index contributed by atoms with van der Waals surface area (Å²) in [4.78, 5) is 11.7. The summed E-state index contributed by atoms with van der Waals surface area (Å²) >= 11 is 0. The molecule has 0 aliphatic carbocycles. The minimum atomic E-state index is -0.116. The monoisotopic (exact) mass is 203 g/mol. The fraction of sp³-hybridized carbons (Fsp3) is 0.182. The highest BCUT2D eigenvalue weighted by Gasteiger charge is 2.12. The molecule has 4 nitrogen and oxygen atoms in total. The van der Waals surface area contributed by atoms with Crippen molar-refractivity contribution >= 4 is 16.8 Å². The molecular formula is C11H13N3O. The number of nitrogens with one attached hydrogen (secondary N) is 2. The molecule has 1 amide bonds. The molecule has 78 valence electrons. The molecule has 0 unspecified atom stereocenters. The van der Waals surface area contributed by atoms with Crippen LogP contribution in [0.3, 0.4) is 0 Å². The van der Waals surface area contributed by atoms with Crippen molar-refractivity contribution in [1.82, 2.24) is 15.4 Å². The molecule has 2 N–H and O–H groups in total. The standard InChI is InChI=1S/C11H13N3O/c1-12-13-11(15)9-7-14(2)10-6-4-3-5-8(9)10/h3-7,12H,1-2H3,(H,13,15). The number of fused-ring (bicyclic) bond motifs is 1. The van der Waals surface area contributed by atoms with Gasteiger partial charge >= 0.3 is 0 Å². The van der Waals surface area contributed by atoms with Crippen molar-refractivity contribution < 1.29 is 4.79 Å². The normalized spacial score (nSPS) is 10.5. The molecule has 1 heterocycles. The van der Waals surface area contributed by atoms with Gasteiger partial charge in [0.15, 0.2) is 0 Å². The Bertz CT molecular complexity index is 502. The second-order valence-electron chi connectivity index (χ2n) is 3.37. The maximum absolute atomic E-state index is 11.7. The van der Waals surface area contributed by atoms with E-state index in [9.17, 15) is 4.79 Å². The first-order valence-electron chi connectivity index (χ1n) is 4.75. The van der Waals surface area contributed by atoms with E-state index in [2.05, 4.69) is 10.9 Å². The lowest BCUT2D eigenvalue weighted by Gasteiger charge is -2.00. The van der Waals surface area contributed by atoms with Gasteiger partial charge in [0.05, 0.1) is 5.56 Å². The average Bonchev–Trinajstić information content (AvgIpc) is 2.58. The summed E-state index contributed by atoms with van der Waals surface area (Å²) in [5.41, 5.74) is 6.93. The Labute approximate surface area is 87.9 Å². The summed E-state index contributed by atoms with van der Waals surface area (Å²) in [5.74, 6) is -0.116.